The van der Waals surface area contributed by atoms with Crippen LogP contribution in [0.5, 0.6) is 0 Å². The minimum Gasteiger partial charge on any atom is -0.465 e. The topological polar surface area (TPSA) is 115 Å². The molecule has 2 N–H and O–H groups in total. The van der Waals surface area contributed by atoms with Gasteiger partial charge >= 0.3 is 5.97 Å². The lowest BCUT2D eigenvalue weighted by atomic mass is 10.2. The van der Waals surface area contributed by atoms with Crippen LogP contribution in [0.3, 0.4) is 0 Å². The van der Waals surface area contributed by atoms with E-state index in [4.69, 9.17) is 16.3 Å². The van der Waals surface area contributed by atoms with Crippen molar-refractivity contribution in [1.82, 2.24) is 20.1 Å². The Kier molecular flexibility index (Phi) is 8.67. The van der Waals surface area contributed by atoms with Crippen molar-refractivity contribution in [2.24, 2.45) is 0 Å². The van der Waals surface area contributed by atoms with Gasteiger partial charge in [-0.25, -0.2) is 4.79 Å². The largest absolute Gasteiger partial charge is 0.465 e. The Hall–Kier alpha value is -3.37. The van der Waals surface area contributed by atoms with Crippen LogP contribution in [-0.4, -0.2) is 45.4 Å². The molecule has 34 heavy (non-hydrogen) atoms. The maximum absolute atomic E-state index is 12.6. The van der Waals surface area contributed by atoms with Crippen molar-refractivity contribution in [1.29, 1.82) is 0 Å². The number of aromatic nitrogens is 3. The zero-order valence-electron chi connectivity index (χ0n) is 18.9. The fourth-order valence-corrected chi connectivity index (χ4v) is 4.21. The number of carbonyl (C=O) groups excluding carboxylic acids is 3. The molecule has 0 aliphatic heterocycles. The van der Waals surface area contributed by atoms with Crippen LogP contribution in [0.25, 0.3) is 0 Å². The van der Waals surface area contributed by atoms with Crippen molar-refractivity contribution < 1.29 is 19.1 Å². The first kappa shape index (κ1) is 25.3. The van der Waals surface area contributed by atoms with Crippen molar-refractivity contribution in [3.05, 3.63) is 70.5 Å². The normalized spacial score (nSPS) is 11.5. The number of nitrogens with zero attached hydrogens (tertiary/aromatic N) is 3. The number of halogens is 1. The summed E-state index contributed by atoms with van der Waals surface area (Å²) in [4.78, 5) is 36.7. The summed E-state index contributed by atoms with van der Waals surface area (Å²) in [5.41, 5.74) is 1.21. The highest BCUT2D eigenvalue weighted by molar-refractivity contribution is 7.99. The maximum atomic E-state index is 12.6. The second-order valence-corrected chi connectivity index (χ2v) is 8.52. The van der Waals surface area contributed by atoms with Crippen molar-refractivity contribution in [3.8, 4) is 0 Å². The summed E-state index contributed by atoms with van der Waals surface area (Å²) < 4.78 is 6.54. The molecule has 0 saturated carbocycles. The molecule has 0 fully saturated rings. The summed E-state index contributed by atoms with van der Waals surface area (Å²) in [6.45, 7) is 4.29. The molecule has 3 aromatic rings. The Labute approximate surface area is 206 Å². The van der Waals surface area contributed by atoms with Crippen LogP contribution in [0.15, 0.2) is 53.7 Å². The Morgan fingerprint density at radius 2 is 1.91 bits per heavy atom. The second-order valence-electron chi connectivity index (χ2n) is 7.17. The average Bonchev–Trinajstić information content (AvgIpc) is 3.25. The van der Waals surface area contributed by atoms with Gasteiger partial charge < -0.3 is 19.9 Å². The smallest absolute Gasteiger partial charge is 0.337 e. The van der Waals surface area contributed by atoms with Crippen LogP contribution >= 0.6 is 23.4 Å². The van der Waals surface area contributed by atoms with Gasteiger partial charge in [-0.2, -0.15) is 0 Å². The van der Waals surface area contributed by atoms with Gasteiger partial charge in [-0.1, -0.05) is 41.6 Å². The van der Waals surface area contributed by atoms with Crippen LogP contribution in [0.4, 0.5) is 5.69 Å². The van der Waals surface area contributed by atoms with Crippen LogP contribution in [0.2, 0.25) is 5.02 Å². The molecule has 3 rings (SSSR count). The SMILES string of the molecule is CCn1c(SCC(=O)Nc2cccc(C(=O)OC)c2)nnc1[C@@H](C)NC(=O)c1ccccc1Cl. The number of amides is 2. The Balaban J connectivity index is 1.63. The van der Waals surface area contributed by atoms with E-state index in [1.54, 1.807) is 55.5 Å². The Morgan fingerprint density at radius 3 is 2.62 bits per heavy atom. The number of thioether (sulfide) groups is 1. The molecule has 1 heterocycles. The van der Waals surface area contributed by atoms with Crippen LogP contribution in [-0.2, 0) is 16.1 Å². The molecule has 0 aliphatic carbocycles. The fourth-order valence-electron chi connectivity index (χ4n) is 3.18. The summed E-state index contributed by atoms with van der Waals surface area (Å²) in [5.74, 6) is -0.409. The molecular weight excluding hydrogens is 478 g/mol. The van der Waals surface area contributed by atoms with Gasteiger partial charge in [0.15, 0.2) is 11.0 Å². The summed E-state index contributed by atoms with van der Waals surface area (Å²) in [6.07, 6.45) is 0. The molecule has 0 saturated heterocycles. The highest BCUT2D eigenvalue weighted by Gasteiger charge is 2.21. The molecule has 178 valence electrons. The van der Waals surface area contributed by atoms with Crippen molar-refractivity contribution in [3.63, 3.8) is 0 Å². The van der Waals surface area contributed by atoms with Gasteiger partial charge in [0.25, 0.3) is 5.91 Å². The number of hydrogen-bond donors (Lipinski definition) is 2. The number of anilines is 1. The van der Waals surface area contributed by atoms with E-state index in [1.807, 2.05) is 11.5 Å². The Morgan fingerprint density at radius 1 is 1.15 bits per heavy atom. The predicted molar refractivity (Wildman–Crippen MR) is 130 cm³/mol. The zero-order chi connectivity index (χ0) is 24.7. The molecule has 0 unspecified atom stereocenters. The van der Waals surface area contributed by atoms with E-state index in [0.29, 0.717) is 39.4 Å². The van der Waals surface area contributed by atoms with Crippen molar-refractivity contribution in [2.75, 3.05) is 18.2 Å². The van der Waals surface area contributed by atoms with Gasteiger partial charge in [0.05, 0.1) is 35.1 Å². The lowest BCUT2D eigenvalue weighted by Gasteiger charge is -2.15. The summed E-state index contributed by atoms with van der Waals surface area (Å²) in [7, 11) is 1.30. The number of esters is 1. The third-order valence-electron chi connectivity index (χ3n) is 4.81. The number of hydrogen-bond acceptors (Lipinski definition) is 7. The van der Waals surface area contributed by atoms with E-state index < -0.39 is 12.0 Å². The van der Waals surface area contributed by atoms with E-state index in [0.717, 1.165) is 0 Å². The molecule has 2 amide bonds. The lowest BCUT2D eigenvalue weighted by Crippen LogP contribution is -2.29. The predicted octanol–water partition coefficient (Wildman–Crippen LogP) is 3.96. The van der Waals surface area contributed by atoms with Gasteiger partial charge in [-0.15, -0.1) is 10.2 Å². The van der Waals surface area contributed by atoms with Crippen LogP contribution in [0, 0.1) is 0 Å². The maximum Gasteiger partial charge on any atom is 0.337 e. The number of ether oxygens (including phenoxy) is 1. The minimum absolute atomic E-state index is 0.0843. The molecular formula is C23H24ClN5O4S. The second kappa shape index (κ2) is 11.7. The first-order valence-corrected chi connectivity index (χ1v) is 11.8. The third-order valence-corrected chi connectivity index (χ3v) is 6.11. The fraction of sp³-hybridized carbons (Fsp3) is 0.261. The number of rotatable bonds is 9. The molecule has 1 atom stereocenters. The summed E-state index contributed by atoms with van der Waals surface area (Å²) in [5, 5.41) is 15.0. The number of methoxy groups -OCH3 is 1. The van der Waals surface area contributed by atoms with E-state index in [2.05, 4.69) is 20.8 Å². The molecule has 2 aromatic carbocycles. The van der Waals surface area contributed by atoms with Gasteiger partial charge in [0, 0.05) is 12.2 Å². The van der Waals surface area contributed by atoms with Gasteiger partial charge in [0.2, 0.25) is 5.91 Å². The number of benzene rings is 2. The Bertz CT molecular complexity index is 1200. The molecule has 11 heteroatoms. The first-order chi connectivity index (χ1) is 16.3. The summed E-state index contributed by atoms with van der Waals surface area (Å²) >= 11 is 7.34. The third kappa shape index (κ3) is 6.15. The van der Waals surface area contributed by atoms with Crippen LogP contribution < -0.4 is 10.6 Å². The number of nitrogens with one attached hydrogen (secondary N) is 2. The summed E-state index contributed by atoms with van der Waals surface area (Å²) in [6, 6.07) is 12.9. The van der Waals surface area contributed by atoms with E-state index in [-0.39, 0.29) is 17.6 Å². The van der Waals surface area contributed by atoms with Gasteiger partial charge in [-0.05, 0) is 44.2 Å². The first-order valence-electron chi connectivity index (χ1n) is 10.4. The zero-order valence-corrected chi connectivity index (χ0v) is 20.4. The molecule has 0 spiro atoms. The molecule has 0 bridgehead atoms. The molecule has 9 nitrogen and oxygen atoms in total. The van der Waals surface area contributed by atoms with Crippen molar-refractivity contribution in [2.45, 2.75) is 31.6 Å². The highest BCUT2D eigenvalue weighted by Crippen LogP contribution is 2.22. The van der Waals surface area contributed by atoms with E-state index in [1.165, 1.54) is 18.9 Å². The van der Waals surface area contributed by atoms with Gasteiger partial charge in [0.1, 0.15) is 0 Å². The van der Waals surface area contributed by atoms with Crippen LogP contribution in [0.1, 0.15) is 46.4 Å². The molecule has 0 radical (unpaired) electrons. The monoisotopic (exact) mass is 501 g/mol. The highest BCUT2D eigenvalue weighted by atomic mass is 35.5. The minimum atomic E-state index is -0.482. The lowest BCUT2D eigenvalue weighted by molar-refractivity contribution is -0.113. The number of carbonyl (C=O) groups is 3. The quantitative estimate of drug-likeness (QED) is 0.337. The van der Waals surface area contributed by atoms with E-state index >= 15 is 0 Å². The standard InChI is InChI=1S/C23H24ClN5O4S/c1-4-29-20(14(2)25-21(31)17-10-5-6-11-18(17)24)27-28-23(29)34-13-19(30)26-16-9-7-8-15(12-16)22(32)33-3/h5-12,14H,4,13H2,1-3H3,(H,25,31)(H,26,30)/t14-/m1/s1. The molecule has 1 aromatic heterocycles. The molecule has 0 aliphatic rings. The van der Waals surface area contributed by atoms with E-state index in [9.17, 15) is 14.4 Å². The van der Waals surface area contributed by atoms with Crippen molar-refractivity contribution >= 4 is 46.8 Å². The van der Waals surface area contributed by atoms with Gasteiger partial charge in [-0.3, -0.25) is 9.59 Å². The average molecular weight is 502 g/mol.